The fourth-order valence-electron chi connectivity index (χ4n) is 1.47. The molecule has 0 saturated carbocycles. The first-order valence-corrected chi connectivity index (χ1v) is 4.85. The number of carbonyl (C=O) groups is 1. The van der Waals surface area contributed by atoms with Crippen LogP contribution in [0.3, 0.4) is 0 Å². The van der Waals surface area contributed by atoms with Crippen LogP contribution < -0.4 is 11.1 Å². The van der Waals surface area contributed by atoms with Gasteiger partial charge in [0.15, 0.2) is 0 Å². The number of rotatable bonds is 3. The lowest BCUT2D eigenvalue weighted by Gasteiger charge is -2.03. The second-order valence-corrected chi connectivity index (χ2v) is 3.49. The Morgan fingerprint density at radius 3 is 3.06 bits per heavy atom. The summed E-state index contributed by atoms with van der Waals surface area (Å²) < 4.78 is 1.69. The van der Waals surface area contributed by atoms with Crippen LogP contribution in [0, 0.1) is 0 Å². The van der Waals surface area contributed by atoms with Gasteiger partial charge in [0.2, 0.25) is 0 Å². The van der Waals surface area contributed by atoms with E-state index in [1.54, 1.807) is 36.3 Å². The Hall–Kier alpha value is -2.24. The number of nitrogens with one attached hydrogen (secondary N) is 2. The van der Waals surface area contributed by atoms with Crippen LogP contribution in [0.1, 0.15) is 16.3 Å². The lowest BCUT2D eigenvalue weighted by atomic mass is 10.4. The van der Waals surface area contributed by atoms with Crippen molar-refractivity contribution in [2.75, 3.05) is 5.73 Å². The molecular weight excluding hydrogens is 206 g/mol. The maximum Gasteiger partial charge on any atom is 0.268 e. The van der Waals surface area contributed by atoms with Gasteiger partial charge in [0, 0.05) is 25.6 Å². The highest BCUT2D eigenvalue weighted by atomic mass is 16.1. The van der Waals surface area contributed by atoms with E-state index in [2.05, 4.69) is 15.3 Å². The summed E-state index contributed by atoms with van der Waals surface area (Å²) in [6.07, 6.45) is 5.05. The Balaban J connectivity index is 2.01. The molecule has 84 valence electrons. The minimum absolute atomic E-state index is 0.171. The number of nitrogens with two attached hydrogens (primary N) is 1. The average molecular weight is 219 g/mol. The Kier molecular flexibility index (Phi) is 2.63. The number of hydrogen-bond acceptors (Lipinski definition) is 3. The number of imidazole rings is 1. The van der Waals surface area contributed by atoms with E-state index in [-0.39, 0.29) is 5.91 Å². The third kappa shape index (κ3) is 2.05. The summed E-state index contributed by atoms with van der Waals surface area (Å²) in [6, 6.07) is 1.64. The van der Waals surface area contributed by atoms with E-state index < -0.39 is 0 Å². The summed E-state index contributed by atoms with van der Waals surface area (Å²) in [5.41, 5.74) is 6.69. The van der Waals surface area contributed by atoms with Gasteiger partial charge in [0.25, 0.3) is 5.91 Å². The Morgan fingerprint density at radius 2 is 2.50 bits per heavy atom. The maximum absolute atomic E-state index is 11.7. The first kappa shape index (κ1) is 10.3. The monoisotopic (exact) mass is 219 g/mol. The molecule has 2 rings (SSSR count). The number of aromatic amines is 1. The fraction of sp³-hybridized carbons (Fsp3) is 0.200. The molecule has 16 heavy (non-hydrogen) atoms. The van der Waals surface area contributed by atoms with Gasteiger partial charge in [0.05, 0.1) is 12.2 Å². The van der Waals surface area contributed by atoms with Gasteiger partial charge in [-0.2, -0.15) is 0 Å². The van der Waals surface area contributed by atoms with Gasteiger partial charge in [0.1, 0.15) is 11.5 Å². The molecule has 0 fully saturated rings. The molecule has 0 unspecified atom stereocenters. The third-order valence-corrected chi connectivity index (χ3v) is 2.23. The maximum atomic E-state index is 11.7. The SMILES string of the molecule is Cn1cc(N)cc1C(=O)NCc1ncc[nH]1. The molecule has 2 heterocycles. The molecule has 0 saturated heterocycles. The predicted molar refractivity (Wildman–Crippen MR) is 59.6 cm³/mol. The van der Waals surface area contributed by atoms with Crippen molar-refractivity contribution in [3.63, 3.8) is 0 Å². The van der Waals surface area contributed by atoms with Crippen molar-refractivity contribution in [2.45, 2.75) is 6.54 Å². The number of nitrogens with zero attached hydrogens (tertiary/aromatic N) is 2. The van der Waals surface area contributed by atoms with Crippen molar-refractivity contribution >= 4 is 11.6 Å². The summed E-state index contributed by atoms with van der Waals surface area (Å²) in [4.78, 5) is 18.7. The standard InChI is InChI=1S/C10H13N5O/c1-15-6-7(11)4-8(15)10(16)14-5-9-12-2-3-13-9/h2-4,6H,5,11H2,1H3,(H,12,13)(H,14,16). The van der Waals surface area contributed by atoms with Crippen molar-refractivity contribution in [2.24, 2.45) is 7.05 Å². The summed E-state index contributed by atoms with van der Waals surface area (Å²) in [5.74, 6) is 0.547. The molecule has 0 aliphatic rings. The number of H-pyrrole nitrogens is 1. The molecule has 2 aromatic rings. The molecule has 0 aliphatic heterocycles. The van der Waals surface area contributed by atoms with Crippen LogP contribution in [0.2, 0.25) is 0 Å². The van der Waals surface area contributed by atoms with E-state index in [0.717, 1.165) is 5.82 Å². The zero-order valence-corrected chi connectivity index (χ0v) is 8.90. The summed E-state index contributed by atoms with van der Waals surface area (Å²) >= 11 is 0. The van der Waals surface area contributed by atoms with Crippen molar-refractivity contribution in [3.8, 4) is 0 Å². The van der Waals surface area contributed by atoms with E-state index in [4.69, 9.17) is 5.73 Å². The molecular formula is C10H13N5O. The number of amides is 1. The summed E-state index contributed by atoms with van der Waals surface area (Å²) in [5, 5.41) is 2.75. The molecule has 6 heteroatoms. The van der Waals surface area contributed by atoms with Crippen LogP contribution in [-0.2, 0) is 13.6 Å². The number of anilines is 1. The van der Waals surface area contributed by atoms with Crippen LogP contribution in [0.4, 0.5) is 5.69 Å². The average Bonchev–Trinajstić information content (AvgIpc) is 2.84. The van der Waals surface area contributed by atoms with Gasteiger partial charge in [-0.3, -0.25) is 4.79 Å². The molecule has 0 atom stereocenters. The van der Waals surface area contributed by atoms with Gasteiger partial charge in [-0.1, -0.05) is 0 Å². The number of aryl methyl sites for hydroxylation is 1. The quantitative estimate of drug-likeness (QED) is 0.691. The van der Waals surface area contributed by atoms with E-state index >= 15 is 0 Å². The number of hydrogen-bond donors (Lipinski definition) is 3. The Bertz CT molecular complexity index is 485. The topological polar surface area (TPSA) is 88.7 Å². The molecule has 0 bridgehead atoms. The Labute approximate surface area is 92.5 Å². The van der Waals surface area contributed by atoms with Crippen molar-refractivity contribution in [3.05, 3.63) is 36.2 Å². The van der Waals surface area contributed by atoms with Crippen LogP contribution in [0.25, 0.3) is 0 Å². The number of nitrogen functional groups attached to an aromatic ring is 1. The van der Waals surface area contributed by atoms with Crippen LogP contribution >= 0.6 is 0 Å². The molecule has 0 aromatic carbocycles. The second-order valence-electron chi connectivity index (χ2n) is 3.49. The molecule has 4 N–H and O–H groups in total. The fourth-order valence-corrected chi connectivity index (χ4v) is 1.47. The van der Waals surface area contributed by atoms with Gasteiger partial charge >= 0.3 is 0 Å². The highest BCUT2D eigenvalue weighted by Gasteiger charge is 2.10. The number of aromatic nitrogens is 3. The predicted octanol–water partition coefficient (Wildman–Crippen LogP) is 0.260. The highest BCUT2D eigenvalue weighted by Crippen LogP contribution is 2.08. The first-order chi connectivity index (χ1) is 7.66. The smallest absolute Gasteiger partial charge is 0.268 e. The van der Waals surface area contributed by atoms with Gasteiger partial charge < -0.3 is 20.6 Å². The van der Waals surface area contributed by atoms with Gasteiger partial charge in [-0.15, -0.1) is 0 Å². The van der Waals surface area contributed by atoms with E-state index in [1.165, 1.54) is 0 Å². The van der Waals surface area contributed by atoms with Crippen molar-refractivity contribution in [1.29, 1.82) is 0 Å². The van der Waals surface area contributed by atoms with E-state index in [1.807, 2.05) is 0 Å². The van der Waals surface area contributed by atoms with E-state index in [0.29, 0.717) is 17.9 Å². The molecule has 0 aliphatic carbocycles. The van der Waals surface area contributed by atoms with Gasteiger partial charge in [-0.05, 0) is 6.07 Å². The third-order valence-electron chi connectivity index (χ3n) is 2.23. The van der Waals surface area contributed by atoms with Crippen LogP contribution in [0.5, 0.6) is 0 Å². The minimum Gasteiger partial charge on any atom is -0.397 e. The normalized spacial score (nSPS) is 10.3. The minimum atomic E-state index is -0.171. The molecule has 0 spiro atoms. The van der Waals surface area contributed by atoms with Crippen LogP contribution in [-0.4, -0.2) is 20.4 Å². The van der Waals surface area contributed by atoms with Crippen LogP contribution in [0.15, 0.2) is 24.7 Å². The summed E-state index contributed by atoms with van der Waals surface area (Å²) in [6.45, 7) is 0.372. The zero-order valence-electron chi connectivity index (χ0n) is 8.90. The van der Waals surface area contributed by atoms with Crippen molar-refractivity contribution in [1.82, 2.24) is 19.9 Å². The second kappa shape index (κ2) is 4.09. The lowest BCUT2D eigenvalue weighted by molar-refractivity contribution is 0.0942. The van der Waals surface area contributed by atoms with Gasteiger partial charge in [-0.25, -0.2) is 4.98 Å². The largest absolute Gasteiger partial charge is 0.397 e. The summed E-state index contributed by atoms with van der Waals surface area (Å²) in [7, 11) is 1.78. The van der Waals surface area contributed by atoms with Crippen molar-refractivity contribution < 1.29 is 4.79 Å². The first-order valence-electron chi connectivity index (χ1n) is 4.85. The number of carbonyl (C=O) groups excluding carboxylic acids is 1. The van der Waals surface area contributed by atoms with E-state index in [9.17, 15) is 4.79 Å². The molecule has 2 aromatic heterocycles. The molecule has 1 amide bonds. The molecule has 0 radical (unpaired) electrons. The zero-order chi connectivity index (χ0) is 11.5. The lowest BCUT2D eigenvalue weighted by Crippen LogP contribution is -2.25. The Morgan fingerprint density at radius 1 is 1.69 bits per heavy atom. The molecule has 6 nitrogen and oxygen atoms in total. The highest BCUT2D eigenvalue weighted by molar-refractivity contribution is 5.93.